The number of thiocarbonyl (C=S) groups is 1. The minimum Gasteiger partial charge on any atom is -0.488 e. The van der Waals surface area contributed by atoms with E-state index in [0.717, 1.165) is 33.6 Å². The Labute approximate surface area is 114 Å². The highest BCUT2D eigenvalue weighted by atomic mass is 32.2. The Hall–Kier alpha value is -1.59. The van der Waals surface area contributed by atoms with Gasteiger partial charge in [-0.2, -0.15) is 0 Å². The third-order valence-corrected chi connectivity index (χ3v) is 3.89. The summed E-state index contributed by atoms with van der Waals surface area (Å²) in [5.41, 5.74) is 2.05. The number of ether oxygens (including phenoxy) is 1. The molecule has 2 aliphatic heterocycles. The van der Waals surface area contributed by atoms with Gasteiger partial charge >= 0.3 is 0 Å². The average molecular weight is 275 g/mol. The number of thioether (sulfide) groups is 1. The molecule has 5 heteroatoms. The van der Waals surface area contributed by atoms with Gasteiger partial charge in [0, 0.05) is 5.56 Å². The molecule has 0 radical (unpaired) electrons. The minimum atomic E-state index is -0.121. The number of hydrogen-bond donors (Lipinski definition) is 1. The standard InChI is InChI=1S/C13H9NO2S2/c15-13-14-12(17)11(18-13)6-8-5-9-3-1-2-4-10(9)16-7-8/h1-6H,7H2,(H,14,15,17)/b11-6-. The third-order valence-electron chi connectivity index (χ3n) is 2.61. The minimum absolute atomic E-state index is 0.121. The fraction of sp³-hybridized carbons (Fsp3) is 0.0769. The lowest BCUT2D eigenvalue weighted by Crippen LogP contribution is -2.16. The van der Waals surface area contributed by atoms with Crippen molar-refractivity contribution in [1.82, 2.24) is 5.32 Å². The summed E-state index contributed by atoms with van der Waals surface area (Å²) in [7, 11) is 0. The van der Waals surface area contributed by atoms with E-state index < -0.39 is 0 Å². The second-order valence-electron chi connectivity index (χ2n) is 3.90. The SMILES string of the molecule is O=C1NC(=S)/C(=C/C2=Cc3ccccc3OC2)S1. The van der Waals surface area contributed by atoms with Gasteiger partial charge in [0.2, 0.25) is 0 Å². The molecule has 0 spiro atoms. The average Bonchev–Trinajstić information content (AvgIpc) is 2.68. The molecule has 0 atom stereocenters. The highest BCUT2D eigenvalue weighted by molar-refractivity contribution is 8.19. The van der Waals surface area contributed by atoms with E-state index in [1.165, 1.54) is 0 Å². The summed E-state index contributed by atoms with van der Waals surface area (Å²) in [6.07, 6.45) is 3.96. The molecule has 0 aliphatic carbocycles. The topological polar surface area (TPSA) is 38.3 Å². The van der Waals surface area contributed by atoms with Crippen molar-refractivity contribution in [1.29, 1.82) is 0 Å². The van der Waals surface area contributed by atoms with Crippen LogP contribution < -0.4 is 10.1 Å². The van der Waals surface area contributed by atoms with Crippen LogP contribution in [-0.2, 0) is 0 Å². The van der Waals surface area contributed by atoms with Gasteiger partial charge in [-0.3, -0.25) is 4.79 Å². The van der Waals surface area contributed by atoms with E-state index in [1.807, 2.05) is 30.3 Å². The molecule has 1 saturated heterocycles. The van der Waals surface area contributed by atoms with Gasteiger partial charge in [-0.25, -0.2) is 0 Å². The van der Waals surface area contributed by atoms with Gasteiger partial charge in [0.1, 0.15) is 17.3 Å². The number of hydrogen-bond acceptors (Lipinski definition) is 4. The van der Waals surface area contributed by atoms with Crippen LogP contribution in [0.25, 0.3) is 6.08 Å². The molecule has 1 fully saturated rings. The molecule has 18 heavy (non-hydrogen) atoms. The Morgan fingerprint density at radius 3 is 3.00 bits per heavy atom. The van der Waals surface area contributed by atoms with Gasteiger partial charge in [-0.05, 0) is 35.6 Å². The number of benzene rings is 1. The lowest BCUT2D eigenvalue weighted by molar-refractivity contribution is 0.265. The molecule has 2 aliphatic rings. The zero-order chi connectivity index (χ0) is 12.5. The molecule has 0 bridgehead atoms. The Kier molecular flexibility index (Phi) is 2.93. The van der Waals surface area contributed by atoms with Gasteiger partial charge in [0.15, 0.2) is 0 Å². The van der Waals surface area contributed by atoms with Gasteiger partial charge in [-0.15, -0.1) is 0 Å². The molecule has 90 valence electrons. The predicted octanol–water partition coefficient (Wildman–Crippen LogP) is 3.13. The molecule has 0 unspecified atom stereocenters. The van der Waals surface area contributed by atoms with Gasteiger partial charge in [0.25, 0.3) is 5.24 Å². The maximum atomic E-state index is 11.2. The molecule has 2 heterocycles. The Morgan fingerprint density at radius 1 is 1.39 bits per heavy atom. The fourth-order valence-corrected chi connectivity index (χ4v) is 2.85. The summed E-state index contributed by atoms with van der Waals surface area (Å²) in [6, 6.07) is 7.85. The summed E-state index contributed by atoms with van der Waals surface area (Å²) in [4.78, 5) is 12.4. The first-order valence-corrected chi connectivity index (χ1v) is 6.62. The second-order valence-corrected chi connectivity index (χ2v) is 5.32. The molecule has 3 rings (SSSR count). The van der Waals surface area contributed by atoms with E-state index in [2.05, 4.69) is 11.4 Å². The first-order chi connectivity index (χ1) is 8.72. The van der Waals surface area contributed by atoms with Gasteiger partial charge < -0.3 is 10.1 Å². The van der Waals surface area contributed by atoms with Crippen molar-refractivity contribution in [3.05, 3.63) is 46.4 Å². The summed E-state index contributed by atoms with van der Waals surface area (Å²) >= 11 is 6.20. The molecule has 1 N–H and O–H groups in total. The predicted molar refractivity (Wildman–Crippen MR) is 76.7 cm³/mol. The number of carbonyl (C=O) groups is 1. The molecule has 0 saturated carbocycles. The number of carbonyl (C=O) groups excluding carboxylic acids is 1. The largest absolute Gasteiger partial charge is 0.488 e. The maximum absolute atomic E-state index is 11.2. The van der Waals surface area contributed by atoms with Crippen molar-refractivity contribution in [2.45, 2.75) is 0 Å². The van der Waals surface area contributed by atoms with Crippen LogP contribution in [0.15, 0.2) is 40.8 Å². The first-order valence-electron chi connectivity index (χ1n) is 5.39. The van der Waals surface area contributed by atoms with Crippen molar-refractivity contribution >= 4 is 40.3 Å². The first kappa shape index (κ1) is 11.5. The number of amides is 1. The van der Waals surface area contributed by atoms with Crippen LogP contribution in [0.4, 0.5) is 4.79 Å². The van der Waals surface area contributed by atoms with Gasteiger partial charge in [0.05, 0.1) is 4.91 Å². The Bertz CT molecular complexity index is 605. The van der Waals surface area contributed by atoms with Crippen LogP contribution >= 0.6 is 24.0 Å². The molecule has 3 nitrogen and oxygen atoms in total. The Morgan fingerprint density at radius 2 is 2.22 bits per heavy atom. The lowest BCUT2D eigenvalue weighted by Gasteiger charge is -2.15. The summed E-state index contributed by atoms with van der Waals surface area (Å²) in [5.74, 6) is 0.885. The zero-order valence-corrected chi connectivity index (χ0v) is 10.9. The quantitative estimate of drug-likeness (QED) is 0.631. The number of fused-ring (bicyclic) bond motifs is 1. The van der Waals surface area contributed by atoms with E-state index in [0.29, 0.717) is 11.6 Å². The van der Waals surface area contributed by atoms with Crippen molar-refractivity contribution in [3.63, 3.8) is 0 Å². The van der Waals surface area contributed by atoms with Crippen molar-refractivity contribution in [2.24, 2.45) is 0 Å². The Balaban J connectivity index is 1.92. The van der Waals surface area contributed by atoms with Crippen LogP contribution in [-0.4, -0.2) is 16.8 Å². The molecular formula is C13H9NO2S2. The summed E-state index contributed by atoms with van der Waals surface area (Å²) in [5, 5.41) is 2.47. The molecular weight excluding hydrogens is 266 g/mol. The normalized spacial score (nSPS) is 20.2. The maximum Gasteiger partial charge on any atom is 0.289 e. The van der Waals surface area contributed by atoms with Crippen LogP contribution in [0.3, 0.4) is 0 Å². The zero-order valence-electron chi connectivity index (χ0n) is 9.30. The number of rotatable bonds is 1. The van der Waals surface area contributed by atoms with E-state index in [1.54, 1.807) is 0 Å². The summed E-state index contributed by atoms with van der Waals surface area (Å²) in [6.45, 7) is 0.498. The number of para-hydroxylation sites is 1. The van der Waals surface area contributed by atoms with Crippen LogP contribution in [0.5, 0.6) is 5.75 Å². The monoisotopic (exact) mass is 275 g/mol. The van der Waals surface area contributed by atoms with Crippen molar-refractivity contribution in [3.8, 4) is 5.75 Å². The highest BCUT2D eigenvalue weighted by Gasteiger charge is 2.22. The fourth-order valence-electron chi connectivity index (χ4n) is 1.81. The molecule has 1 aromatic rings. The van der Waals surface area contributed by atoms with Crippen LogP contribution in [0.2, 0.25) is 0 Å². The smallest absolute Gasteiger partial charge is 0.289 e. The lowest BCUT2D eigenvalue weighted by atomic mass is 10.1. The second kappa shape index (κ2) is 4.59. The van der Waals surface area contributed by atoms with Crippen LogP contribution in [0.1, 0.15) is 5.56 Å². The third kappa shape index (κ3) is 2.19. The highest BCUT2D eigenvalue weighted by Crippen LogP contribution is 2.30. The molecule has 0 aromatic heterocycles. The molecule has 1 amide bonds. The van der Waals surface area contributed by atoms with E-state index in [-0.39, 0.29) is 5.24 Å². The van der Waals surface area contributed by atoms with E-state index in [9.17, 15) is 4.79 Å². The van der Waals surface area contributed by atoms with Crippen LogP contribution in [0, 0.1) is 0 Å². The van der Waals surface area contributed by atoms with Gasteiger partial charge in [-0.1, -0.05) is 30.4 Å². The van der Waals surface area contributed by atoms with Crippen molar-refractivity contribution in [2.75, 3.05) is 6.61 Å². The number of nitrogens with one attached hydrogen (secondary N) is 1. The molecule has 1 aromatic carbocycles. The van der Waals surface area contributed by atoms with E-state index >= 15 is 0 Å². The van der Waals surface area contributed by atoms with Crippen molar-refractivity contribution < 1.29 is 9.53 Å². The van der Waals surface area contributed by atoms with E-state index in [4.69, 9.17) is 17.0 Å². The summed E-state index contributed by atoms with van der Waals surface area (Å²) < 4.78 is 5.64.